The number of carbonyl (C=O) groups excluding carboxylic acids is 1. The smallest absolute Gasteiger partial charge is 0.222 e. The lowest BCUT2D eigenvalue weighted by atomic mass is 9.77. The quantitative estimate of drug-likeness (QED) is 0.607. The molecule has 3 heterocycles. The Kier molecular flexibility index (Phi) is 5.12. The van der Waals surface area contributed by atoms with Crippen LogP contribution in [0.4, 0.5) is 5.82 Å². The number of rotatable bonds is 5. The Morgan fingerprint density at radius 2 is 2.03 bits per heavy atom. The number of carbonyl (C=O) groups is 1. The maximum Gasteiger partial charge on any atom is 0.222 e. The third-order valence-electron chi connectivity index (χ3n) is 6.67. The van der Waals surface area contributed by atoms with Crippen molar-refractivity contribution in [2.24, 2.45) is 11.8 Å². The summed E-state index contributed by atoms with van der Waals surface area (Å²) in [5.41, 5.74) is 2.31. The molecule has 0 bridgehead atoms. The number of hydrogen-bond donors (Lipinski definition) is 3. The van der Waals surface area contributed by atoms with Crippen molar-refractivity contribution in [2.45, 2.75) is 37.8 Å². The molecule has 0 radical (unpaired) electrons. The van der Waals surface area contributed by atoms with Crippen LogP contribution in [0.1, 0.15) is 24.8 Å². The summed E-state index contributed by atoms with van der Waals surface area (Å²) in [6, 6.07) is 8.15. The molecular formula is C23H27N5O2. The SMILES string of the molecule is O=C(CCc1c[nH]c2ccccc12)N1C[C@H]2C[C@@H](Nc3cnccn3)[C@H](O)C[C@H]2C1. The molecule has 1 aliphatic carbocycles. The number of hydrogen-bond acceptors (Lipinski definition) is 5. The molecule has 1 saturated carbocycles. The largest absolute Gasteiger partial charge is 0.391 e. The number of benzene rings is 1. The Morgan fingerprint density at radius 3 is 2.87 bits per heavy atom. The second kappa shape index (κ2) is 8.07. The van der Waals surface area contributed by atoms with Crippen LogP contribution in [-0.4, -0.2) is 56.1 Å². The van der Waals surface area contributed by atoms with E-state index in [1.807, 2.05) is 23.2 Å². The van der Waals surface area contributed by atoms with Crippen molar-refractivity contribution < 1.29 is 9.90 Å². The van der Waals surface area contributed by atoms with Gasteiger partial charge in [0, 0.05) is 49.0 Å². The molecule has 4 atom stereocenters. The molecule has 0 spiro atoms. The fourth-order valence-corrected chi connectivity index (χ4v) is 5.09. The van der Waals surface area contributed by atoms with Crippen molar-refractivity contribution in [1.29, 1.82) is 0 Å². The van der Waals surface area contributed by atoms with E-state index in [1.165, 1.54) is 10.9 Å². The van der Waals surface area contributed by atoms with E-state index in [2.05, 4.69) is 32.4 Å². The van der Waals surface area contributed by atoms with E-state index < -0.39 is 6.10 Å². The monoisotopic (exact) mass is 405 g/mol. The molecular weight excluding hydrogens is 378 g/mol. The van der Waals surface area contributed by atoms with Crippen molar-refractivity contribution in [1.82, 2.24) is 19.9 Å². The molecule has 2 aromatic heterocycles. The molecule has 1 amide bonds. The first kappa shape index (κ1) is 19.1. The van der Waals surface area contributed by atoms with E-state index >= 15 is 0 Å². The van der Waals surface area contributed by atoms with Gasteiger partial charge in [0.2, 0.25) is 5.91 Å². The van der Waals surface area contributed by atoms with Crippen LogP contribution in [0.5, 0.6) is 0 Å². The lowest BCUT2D eigenvalue weighted by Crippen LogP contribution is -2.43. The van der Waals surface area contributed by atoms with Gasteiger partial charge in [-0.2, -0.15) is 0 Å². The Morgan fingerprint density at radius 1 is 1.20 bits per heavy atom. The summed E-state index contributed by atoms with van der Waals surface area (Å²) >= 11 is 0. The summed E-state index contributed by atoms with van der Waals surface area (Å²) in [6.07, 6.45) is 9.35. The first-order chi connectivity index (χ1) is 14.7. The van der Waals surface area contributed by atoms with Gasteiger partial charge in [-0.05, 0) is 42.7 Å². The number of H-pyrrole nitrogens is 1. The molecule has 5 rings (SSSR count). The Balaban J connectivity index is 1.18. The Labute approximate surface area is 175 Å². The molecule has 0 unspecified atom stereocenters. The molecule has 7 nitrogen and oxygen atoms in total. The van der Waals surface area contributed by atoms with Gasteiger partial charge in [-0.3, -0.25) is 9.78 Å². The number of nitrogens with zero attached hydrogens (tertiary/aromatic N) is 3. The second-order valence-corrected chi connectivity index (χ2v) is 8.56. The van der Waals surface area contributed by atoms with Crippen LogP contribution in [0.3, 0.4) is 0 Å². The number of para-hydroxylation sites is 1. The van der Waals surface area contributed by atoms with Gasteiger partial charge in [0.1, 0.15) is 5.82 Å². The van der Waals surface area contributed by atoms with E-state index in [0.29, 0.717) is 24.1 Å². The third-order valence-corrected chi connectivity index (χ3v) is 6.67. The average Bonchev–Trinajstić information content (AvgIpc) is 3.37. The highest BCUT2D eigenvalue weighted by Crippen LogP contribution is 2.37. The van der Waals surface area contributed by atoms with Gasteiger partial charge in [-0.15, -0.1) is 0 Å². The van der Waals surface area contributed by atoms with Crippen LogP contribution < -0.4 is 5.32 Å². The minimum Gasteiger partial charge on any atom is -0.391 e. The molecule has 30 heavy (non-hydrogen) atoms. The average molecular weight is 406 g/mol. The summed E-state index contributed by atoms with van der Waals surface area (Å²) in [5, 5.41) is 15.1. The predicted octanol–water partition coefficient (Wildman–Crippen LogP) is 2.60. The summed E-state index contributed by atoms with van der Waals surface area (Å²) in [4.78, 5) is 26.5. The molecule has 156 valence electrons. The Bertz CT molecular complexity index is 1020. The van der Waals surface area contributed by atoms with Crippen LogP contribution >= 0.6 is 0 Å². The maximum atomic E-state index is 12.9. The molecule has 7 heteroatoms. The van der Waals surface area contributed by atoms with E-state index in [9.17, 15) is 9.90 Å². The van der Waals surface area contributed by atoms with E-state index in [0.717, 1.165) is 37.9 Å². The number of aromatic amines is 1. The molecule has 1 aliphatic heterocycles. The number of aromatic nitrogens is 3. The highest BCUT2D eigenvalue weighted by Gasteiger charge is 2.42. The number of aliphatic hydroxyl groups is 1. The highest BCUT2D eigenvalue weighted by atomic mass is 16.3. The van der Waals surface area contributed by atoms with E-state index in [4.69, 9.17) is 0 Å². The molecule has 2 aliphatic rings. The number of fused-ring (bicyclic) bond motifs is 2. The summed E-state index contributed by atoms with van der Waals surface area (Å²) in [6.45, 7) is 1.54. The van der Waals surface area contributed by atoms with Gasteiger partial charge >= 0.3 is 0 Å². The van der Waals surface area contributed by atoms with E-state index in [1.54, 1.807) is 18.6 Å². The summed E-state index contributed by atoms with van der Waals surface area (Å²) in [5.74, 6) is 1.68. The van der Waals surface area contributed by atoms with Crippen molar-refractivity contribution in [3.05, 3.63) is 54.6 Å². The van der Waals surface area contributed by atoms with Gasteiger partial charge in [-0.25, -0.2) is 4.98 Å². The topological polar surface area (TPSA) is 94.1 Å². The molecule has 2 fully saturated rings. The first-order valence-corrected chi connectivity index (χ1v) is 10.7. The fraction of sp³-hybridized carbons (Fsp3) is 0.435. The van der Waals surface area contributed by atoms with Crippen LogP contribution in [-0.2, 0) is 11.2 Å². The number of nitrogens with one attached hydrogen (secondary N) is 2. The first-order valence-electron chi connectivity index (χ1n) is 10.7. The standard InChI is InChI=1S/C23H27N5O2/c29-21-10-17-14-28(13-16(17)9-20(21)27-22-12-24-7-8-25-22)23(30)6-5-15-11-26-19-4-2-1-3-18(15)19/h1-4,7-8,11-12,16-17,20-21,26,29H,5-6,9-10,13-14H2,(H,25,27)/t16-,17+,20-,21-/m1/s1. The third kappa shape index (κ3) is 3.77. The number of anilines is 1. The fourth-order valence-electron chi connectivity index (χ4n) is 5.09. The molecule has 1 saturated heterocycles. The van der Waals surface area contributed by atoms with Gasteiger partial charge in [0.15, 0.2) is 0 Å². The van der Waals surface area contributed by atoms with Crippen LogP contribution in [0.15, 0.2) is 49.1 Å². The summed E-state index contributed by atoms with van der Waals surface area (Å²) < 4.78 is 0. The number of likely N-dealkylation sites (tertiary alicyclic amines) is 1. The predicted molar refractivity (Wildman–Crippen MR) is 115 cm³/mol. The molecule has 3 aromatic rings. The van der Waals surface area contributed by atoms with Crippen LogP contribution in [0, 0.1) is 11.8 Å². The lowest BCUT2D eigenvalue weighted by molar-refractivity contribution is -0.130. The van der Waals surface area contributed by atoms with Crippen LogP contribution in [0.25, 0.3) is 10.9 Å². The zero-order valence-corrected chi connectivity index (χ0v) is 16.9. The van der Waals surface area contributed by atoms with Gasteiger partial charge in [-0.1, -0.05) is 18.2 Å². The van der Waals surface area contributed by atoms with Gasteiger partial charge in [0.25, 0.3) is 0 Å². The Hall–Kier alpha value is -2.93. The zero-order valence-electron chi connectivity index (χ0n) is 16.9. The molecule has 3 N–H and O–H groups in total. The second-order valence-electron chi connectivity index (χ2n) is 8.56. The van der Waals surface area contributed by atoms with Gasteiger partial charge < -0.3 is 20.3 Å². The summed E-state index contributed by atoms with van der Waals surface area (Å²) in [7, 11) is 0. The number of amides is 1. The van der Waals surface area contributed by atoms with Crippen molar-refractivity contribution in [2.75, 3.05) is 18.4 Å². The highest BCUT2D eigenvalue weighted by molar-refractivity contribution is 5.84. The normalized spacial score (nSPS) is 26.0. The number of aliphatic hydroxyl groups excluding tert-OH is 1. The minimum atomic E-state index is -0.436. The van der Waals surface area contributed by atoms with Crippen molar-refractivity contribution in [3.8, 4) is 0 Å². The zero-order chi connectivity index (χ0) is 20.5. The molecule has 1 aromatic carbocycles. The lowest BCUT2D eigenvalue weighted by Gasteiger charge is -2.35. The van der Waals surface area contributed by atoms with Crippen molar-refractivity contribution in [3.63, 3.8) is 0 Å². The minimum absolute atomic E-state index is 0.0516. The van der Waals surface area contributed by atoms with Gasteiger partial charge in [0.05, 0.1) is 18.3 Å². The maximum absolute atomic E-state index is 12.9. The van der Waals surface area contributed by atoms with Crippen LogP contribution in [0.2, 0.25) is 0 Å². The van der Waals surface area contributed by atoms with Crippen molar-refractivity contribution >= 4 is 22.6 Å². The number of aryl methyl sites for hydroxylation is 1. The van der Waals surface area contributed by atoms with E-state index in [-0.39, 0.29) is 11.9 Å².